The second-order valence-corrected chi connectivity index (χ2v) is 5.44. The summed E-state index contributed by atoms with van der Waals surface area (Å²) in [5.41, 5.74) is 1.60. The quantitative estimate of drug-likeness (QED) is 0.622. The van der Waals surface area contributed by atoms with Crippen LogP contribution in [0, 0.1) is 10.1 Å². The highest BCUT2D eigenvalue weighted by Gasteiger charge is 2.28. The van der Waals surface area contributed by atoms with E-state index in [1.165, 1.54) is 18.3 Å². The molecule has 2 aromatic rings. The van der Waals surface area contributed by atoms with Crippen LogP contribution in [0.25, 0.3) is 0 Å². The third kappa shape index (κ3) is 2.75. The fourth-order valence-corrected chi connectivity index (χ4v) is 2.80. The van der Waals surface area contributed by atoms with Crippen molar-refractivity contribution in [3.63, 3.8) is 0 Å². The van der Waals surface area contributed by atoms with Crippen LogP contribution in [0.4, 0.5) is 5.69 Å². The number of nitrogens with zero attached hydrogens (tertiary/aromatic N) is 3. The summed E-state index contributed by atoms with van der Waals surface area (Å²) in [5.74, 6) is 0. The molecule has 1 unspecified atom stereocenters. The Morgan fingerprint density at radius 2 is 2.00 bits per heavy atom. The van der Waals surface area contributed by atoms with Crippen LogP contribution in [0.1, 0.15) is 23.8 Å². The van der Waals surface area contributed by atoms with Crippen molar-refractivity contribution in [3.05, 3.63) is 67.9 Å². The van der Waals surface area contributed by atoms with Gasteiger partial charge in [0.1, 0.15) is 0 Å². The highest BCUT2D eigenvalue weighted by atomic mass is 35.5. The lowest BCUT2D eigenvalue weighted by Crippen LogP contribution is -2.05. The van der Waals surface area contributed by atoms with Crippen LogP contribution in [0.15, 0.2) is 41.7 Å². The first-order valence-corrected chi connectivity index (χ1v) is 7.09. The fraction of sp³-hybridized carbons (Fsp3) is 0.143. The number of rotatable bonds is 3. The molecule has 6 nitrogen and oxygen atoms in total. The minimum atomic E-state index is -0.498. The third-order valence-electron chi connectivity index (χ3n) is 3.23. The monoisotopic (exact) mass is 337 g/mol. The van der Waals surface area contributed by atoms with Crippen molar-refractivity contribution >= 4 is 34.6 Å². The molecule has 0 radical (unpaired) electrons. The summed E-state index contributed by atoms with van der Waals surface area (Å²) >= 11 is 12.3. The smallest absolute Gasteiger partial charge is 0.272 e. The Morgan fingerprint density at radius 1 is 1.27 bits per heavy atom. The lowest BCUT2D eigenvalue weighted by atomic mass is 10.0. The molecule has 0 bridgehead atoms. The van der Waals surface area contributed by atoms with Crippen LogP contribution >= 0.6 is 23.2 Å². The first-order chi connectivity index (χ1) is 10.6. The van der Waals surface area contributed by atoms with Crippen molar-refractivity contribution in [2.45, 2.75) is 12.5 Å². The average Bonchev–Trinajstić information content (AvgIpc) is 2.97. The van der Waals surface area contributed by atoms with E-state index in [4.69, 9.17) is 28.0 Å². The summed E-state index contributed by atoms with van der Waals surface area (Å²) in [4.78, 5) is 19.8. The Labute approximate surface area is 135 Å². The first kappa shape index (κ1) is 14.7. The van der Waals surface area contributed by atoms with Gasteiger partial charge >= 0.3 is 0 Å². The van der Waals surface area contributed by atoms with Gasteiger partial charge in [-0.05, 0) is 12.1 Å². The molecule has 0 spiro atoms. The normalized spacial score (nSPS) is 17.0. The molecule has 1 aliphatic rings. The van der Waals surface area contributed by atoms with E-state index < -0.39 is 11.0 Å². The second-order valence-electron chi connectivity index (χ2n) is 4.63. The number of aromatic nitrogens is 1. The summed E-state index contributed by atoms with van der Waals surface area (Å²) < 4.78 is 0. The summed E-state index contributed by atoms with van der Waals surface area (Å²) in [5, 5.41) is 15.8. The number of pyridine rings is 1. The maximum absolute atomic E-state index is 10.8. The predicted octanol–water partition coefficient (Wildman–Crippen LogP) is 4.16. The first-order valence-electron chi connectivity index (χ1n) is 6.33. The van der Waals surface area contributed by atoms with E-state index in [0.717, 1.165) is 0 Å². The molecule has 1 aromatic heterocycles. The zero-order valence-electron chi connectivity index (χ0n) is 11.1. The summed E-state index contributed by atoms with van der Waals surface area (Å²) in [6, 6.07) is 7.86. The molecular weight excluding hydrogens is 329 g/mol. The van der Waals surface area contributed by atoms with Gasteiger partial charge in [0.2, 0.25) is 0 Å². The lowest BCUT2D eigenvalue weighted by Gasteiger charge is -2.07. The van der Waals surface area contributed by atoms with Crippen LogP contribution < -0.4 is 0 Å². The fourth-order valence-electron chi connectivity index (χ4n) is 2.18. The summed E-state index contributed by atoms with van der Waals surface area (Å²) in [7, 11) is 0. The van der Waals surface area contributed by atoms with Gasteiger partial charge in [-0.25, -0.2) is 0 Å². The van der Waals surface area contributed by atoms with Gasteiger partial charge in [0.15, 0.2) is 6.10 Å². The Morgan fingerprint density at radius 3 is 2.68 bits per heavy atom. The second kappa shape index (κ2) is 5.90. The highest BCUT2D eigenvalue weighted by molar-refractivity contribution is 6.40. The minimum Gasteiger partial charge on any atom is -0.385 e. The van der Waals surface area contributed by atoms with Crippen molar-refractivity contribution in [3.8, 4) is 0 Å². The number of hydrogen-bond acceptors (Lipinski definition) is 5. The van der Waals surface area contributed by atoms with Gasteiger partial charge < -0.3 is 4.84 Å². The van der Waals surface area contributed by atoms with E-state index in [9.17, 15) is 10.1 Å². The topological polar surface area (TPSA) is 77.6 Å². The van der Waals surface area contributed by atoms with Gasteiger partial charge in [-0.2, -0.15) is 0 Å². The molecule has 0 N–H and O–H groups in total. The van der Waals surface area contributed by atoms with Gasteiger partial charge in [-0.3, -0.25) is 15.1 Å². The van der Waals surface area contributed by atoms with Crippen molar-refractivity contribution < 1.29 is 9.76 Å². The molecule has 2 heterocycles. The van der Waals surface area contributed by atoms with Gasteiger partial charge in [0.25, 0.3) is 5.69 Å². The molecule has 22 heavy (non-hydrogen) atoms. The molecule has 0 saturated heterocycles. The maximum atomic E-state index is 10.8. The zero-order chi connectivity index (χ0) is 15.7. The average molecular weight is 338 g/mol. The van der Waals surface area contributed by atoms with Crippen LogP contribution in [0.2, 0.25) is 10.0 Å². The molecule has 0 amide bonds. The molecular formula is C14H9Cl2N3O3. The zero-order valence-corrected chi connectivity index (χ0v) is 12.6. The van der Waals surface area contributed by atoms with Crippen molar-refractivity contribution in [1.82, 2.24) is 4.98 Å². The van der Waals surface area contributed by atoms with E-state index in [2.05, 4.69) is 10.1 Å². The molecule has 3 rings (SSSR count). The van der Waals surface area contributed by atoms with E-state index in [1.54, 1.807) is 18.2 Å². The molecule has 1 aliphatic heterocycles. The molecule has 112 valence electrons. The van der Waals surface area contributed by atoms with Crippen LogP contribution in [-0.2, 0) is 4.84 Å². The maximum Gasteiger partial charge on any atom is 0.272 e. The third-order valence-corrected chi connectivity index (χ3v) is 3.86. The van der Waals surface area contributed by atoms with Crippen LogP contribution in [-0.4, -0.2) is 15.6 Å². The largest absolute Gasteiger partial charge is 0.385 e. The van der Waals surface area contributed by atoms with Gasteiger partial charge in [0.05, 0.1) is 26.4 Å². The standard InChI is InChI=1S/C14H9Cl2N3O3/c15-9-2-1-3-10(16)14(9)12-7-13(22-18-12)11-6-8(19(20)21)4-5-17-11/h1-6,13H,7H2. The van der Waals surface area contributed by atoms with E-state index >= 15 is 0 Å². The van der Waals surface area contributed by atoms with E-state index in [1.807, 2.05) is 0 Å². The number of halogens is 2. The Balaban J connectivity index is 1.86. The van der Waals surface area contributed by atoms with Crippen LogP contribution in [0.3, 0.4) is 0 Å². The molecule has 1 atom stereocenters. The number of hydrogen-bond donors (Lipinski definition) is 0. The number of nitro groups is 1. The summed E-state index contributed by atoms with van der Waals surface area (Å²) in [6.07, 6.45) is 1.26. The molecule has 0 saturated carbocycles. The van der Waals surface area contributed by atoms with Crippen molar-refractivity contribution in [2.24, 2.45) is 5.16 Å². The van der Waals surface area contributed by atoms with Crippen LogP contribution in [0.5, 0.6) is 0 Å². The predicted molar refractivity (Wildman–Crippen MR) is 82.3 cm³/mol. The lowest BCUT2D eigenvalue weighted by molar-refractivity contribution is -0.385. The minimum absolute atomic E-state index is 0.0437. The van der Waals surface area contributed by atoms with Crippen molar-refractivity contribution in [1.29, 1.82) is 0 Å². The van der Waals surface area contributed by atoms with Crippen molar-refractivity contribution in [2.75, 3.05) is 0 Å². The molecule has 1 aromatic carbocycles. The van der Waals surface area contributed by atoms with Gasteiger partial charge in [-0.1, -0.05) is 34.4 Å². The Kier molecular flexibility index (Phi) is 3.96. The molecule has 0 fully saturated rings. The van der Waals surface area contributed by atoms with Gasteiger partial charge in [0, 0.05) is 30.3 Å². The highest BCUT2D eigenvalue weighted by Crippen LogP contribution is 2.34. The van der Waals surface area contributed by atoms with E-state index in [-0.39, 0.29) is 5.69 Å². The number of oxime groups is 1. The van der Waals surface area contributed by atoms with E-state index in [0.29, 0.717) is 33.4 Å². The number of benzene rings is 1. The Hall–Kier alpha value is -2.18. The Bertz CT molecular complexity index is 759. The van der Waals surface area contributed by atoms with Gasteiger partial charge in [-0.15, -0.1) is 0 Å². The SMILES string of the molecule is O=[N+]([O-])c1ccnc(C2CC(c3c(Cl)cccc3Cl)=NO2)c1. The summed E-state index contributed by atoms with van der Waals surface area (Å²) in [6.45, 7) is 0. The molecule has 0 aliphatic carbocycles. The molecule has 8 heteroatoms.